The summed E-state index contributed by atoms with van der Waals surface area (Å²) >= 11 is 11.8. The quantitative estimate of drug-likeness (QED) is 0.872. The fourth-order valence-electron chi connectivity index (χ4n) is 1.62. The van der Waals surface area contributed by atoms with E-state index in [1.807, 2.05) is 13.8 Å². The lowest BCUT2D eigenvalue weighted by Gasteiger charge is -2.23. The van der Waals surface area contributed by atoms with Crippen molar-refractivity contribution in [1.82, 2.24) is 4.90 Å². The summed E-state index contributed by atoms with van der Waals surface area (Å²) in [6.07, 6.45) is 0. The first-order chi connectivity index (χ1) is 9.31. The Morgan fingerprint density at radius 1 is 1.35 bits per heavy atom. The van der Waals surface area contributed by atoms with Gasteiger partial charge in [-0.1, -0.05) is 43.1 Å². The maximum atomic E-state index is 12.1. The molecule has 5 nitrogen and oxygen atoms in total. The largest absolute Gasteiger partial charge is 0.480 e. The zero-order chi connectivity index (χ0) is 15.3. The van der Waals surface area contributed by atoms with Crippen LogP contribution >= 0.6 is 23.2 Å². The van der Waals surface area contributed by atoms with Gasteiger partial charge in [0.1, 0.15) is 6.54 Å². The summed E-state index contributed by atoms with van der Waals surface area (Å²) in [6, 6.07) is 4.32. The van der Waals surface area contributed by atoms with Crippen LogP contribution in [0.15, 0.2) is 18.2 Å². The van der Waals surface area contributed by atoms with Crippen LogP contribution in [0.1, 0.15) is 13.8 Å². The molecule has 0 aromatic heterocycles. The van der Waals surface area contributed by atoms with Crippen molar-refractivity contribution in [3.8, 4) is 0 Å². The van der Waals surface area contributed by atoms with Gasteiger partial charge in [-0.25, -0.2) is 4.79 Å². The molecule has 0 aliphatic carbocycles. The number of carboxylic acids is 1. The summed E-state index contributed by atoms with van der Waals surface area (Å²) in [5, 5.41) is 12.0. The number of halogens is 2. The normalized spacial score (nSPS) is 10.4. The van der Waals surface area contributed by atoms with Crippen LogP contribution in [0, 0.1) is 5.92 Å². The third kappa shape index (κ3) is 4.90. The Bertz CT molecular complexity index is 506. The minimum Gasteiger partial charge on any atom is -0.480 e. The number of aliphatic carboxylic acids is 1. The predicted octanol–water partition coefficient (Wildman–Crippen LogP) is 3.57. The van der Waals surface area contributed by atoms with Crippen LogP contribution in [0.4, 0.5) is 10.5 Å². The molecule has 2 N–H and O–H groups in total. The lowest BCUT2D eigenvalue weighted by Crippen LogP contribution is -2.41. The predicted molar refractivity (Wildman–Crippen MR) is 79.5 cm³/mol. The van der Waals surface area contributed by atoms with Crippen LogP contribution in [0.3, 0.4) is 0 Å². The molecular weight excluding hydrogens is 303 g/mol. The van der Waals surface area contributed by atoms with Gasteiger partial charge < -0.3 is 15.3 Å². The lowest BCUT2D eigenvalue weighted by molar-refractivity contribution is -0.137. The van der Waals surface area contributed by atoms with Gasteiger partial charge in [0.15, 0.2) is 0 Å². The van der Waals surface area contributed by atoms with E-state index in [9.17, 15) is 9.59 Å². The molecule has 0 saturated heterocycles. The Morgan fingerprint density at radius 3 is 2.55 bits per heavy atom. The van der Waals surface area contributed by atoms with Crippen LogP contribution in [0.2, 0.25) is 10.0 Å². The van der Waals surface area contributed by atoms with Crippen molar-refractivity contribution in [2.75, 3.05) is 18.4 Å². The smallest absolute Gasteiger partial charge is 0.323 e. The number of carbonyl (C=O) groups is 2. The molecule has 0 atom stereocenters. The number of nitrogens with one attached hydrogen (secondary N) is 1. The maximum Gasteiger partial charge on any atom is 0.323 e. The average molecular weight is 319 g/mol. The van der Waals surface area contributed by atoms with E-state index in [-0.39, 0.29) is 17.5 Å². The molecule has 0 heterocycles. The zero-order valence-electron chi connectivity index (χ0n) is 11.2. The molecule has 110 valence electrons. The summed E-state index contributed by atoms with van der Waals surface area (Å²) in [5.74, 6) is -0.923. The number of rotatable bonds is 5. The molecule has 1 rings (SSSR count). The summed E-state index contributed by atoms with van der Waals surface area (Å²) in [7, 11) is 0. The molecule has 7 heteroatoms. The third-order valence-electron chi connectivity index (χ3n) is 2.39. The number of amides is 2. The van der Waals surface area contributed by atoms with Crippen molar-refractivity contribution in [1.29, 1.82) is 0 Å². The third-order valence-corrected chi connectivity index (χ3v) is 3.21. The monoisotopic (exact) mass is 318 g/mol. The summed E-state index contributed by atoms with van der Waals surface area (Å²) in [6.45, 7) is 3.75. The van der Waals surface area contributed by atoms with E-state index in [1.165, 1.54) is 4.90 Å². The topological polar surface area (TPSA) is 69.6 Å². The molecule has 0 fully saturated rings. The molecule has 0 aliphatic rings. The van der Waals surface area contributed by atoms with Gasteiger partial charge in [0.05, 0.1) is 15.7 Å². The van der Waals surface area contributed by atoms with Crippen LogP contribution < -0.4 is 5.32 Å². The zero-order valence-corrected chi connectivity index (χ0v) is 12.7. The maximum absolute atomic E-state index is 12.1. The molecule has 0 saturated carbocycles. The number of anilines is 1. The molecular formula is C13H16Cl2N2O3. The molecule has 0 unspecified atom stereocenters. The highest BCUT2D eigenvalue weighted by atomic mass is 35.5. The van der Waals surface area contributed by atoms with Gasteiger partial charge in [0, 0.05) is 6.54 Å². The van der Waals surface area contributed by atoms with Crippen molar-refractivity contribution in [3.05, 3.63) is 28.2 Å². The second-order valence-electron chi connectivity index (χ2n) is 4.70. The number of nitrogens with zero attached hydrogens (tertiary/aromatic N) is 1. The number of carbonyl (C=O) groups excluding carboxylic acids is 1. The van der Waals surface area contributed by atoms with Crippen molar-refractivity contribution >= 4 is 40.9 Å². The standard InChI is InChI=1S/C13H16Cl2N2O3/c1-8(2)6-17(7-11(18)19)13(20)16-10-5-3-4-9(14)12(10)15/h3-5,8H,6-7H2,1-2H3,(H,16,20)(H,18,19). The van der Waals surface area contributed by atoms with Crippen molar-refractivity contribution in [3.63, 3.8) is 0 Å². The SMILES string of the molecule is CC(C)CN(CC(=O)O)C(=O)Nc1cccc(Cl)c1Cl. The highest BCUT2D eigenvalue weighted by Gasteiger charge is 2.19. The van der Waals surface area contributed by atoms with Crippen molar-refractivity contribution in [2.24, 2.45) is 5.92 Å². The van der Waals surface area contributed by atoms with E-state index in [2.05, 4.69) is 5.32 Å². The van der Waals surface area contributed by atoms with E-state index in [0.717, 1.165) is 0 Å². The Balaban J connectivity index is 2.84. The van der Waals surface area contributed by atoms with E-state index >= 15 is 0 Å². The van der Waals surface area contributed by atoms with Gasteiger partial charge in [0.2, 0.25) is 0 Å². The molecule has 0 radical (unpaired) electrons. The summed E-state index contributed by atoms with van der Waals surface area (Å²) < 4.78 is 0. The Hall–Kier alpha value is -1.46. The van der Waals surface area contributed by atoms with Crippen molar-refractivity contribution < 1.29 is 14.7 Å². The second-order valence-corrected chi connectivity index (χ2v) is 5.48. The first kappa shape index (κ1) is 16.6. The first-order valence-corrected chi connectivity index (χ1v) is 6.78. The molecule has 1 aromatic rings. The fourth-order valence-corrected chi connectivity index (χ4v) is 1.97. The van der Waals surface area contributed by atoms with Gasteiger partial charge in [-0.2, -0.15) is 0 Å². The minimum absolute atomic E-state index is 0.148. The molecule has 0 bridgehead atoms. The van der Waals surface area contributed by atoms with Gasteiger partial charge in [0.25, 0.3) is 0 Å². The Labute approximate surface area is 127 Å². The molecule has 2 amide bonds. The first-order valence-electron chi connectivity index (χ1n) is 6.03. The van der Waals surface area contributed by atoms with Crippen molar-refractivity contribution in [2.45, 2.75) is 13.8 Å². The number of urea groups is 1. The lowest BCUT2D eigenvalue weighted by atomic mass is 10.2. The molecule has 1 aromatic carbocycles. The van der Waals surface area contributed by atoms with Crippen LogP contribution in [-0.4, -0.2) is 35.1 Å². The van der Waals surface area contributed by atoms with Crippen LogP contribution in [-0.2, 0) is 4.79 Å². The van der Waals surface area contributed by atoms with Crippen LogP contribution in [0.5, 0.6) is 0 Å². The van der Waals surface area contributed by atoms with Gasteiger partial charge >= 0.3 is 12.0 Å². The van der Waals surface area contributed by atoms with Gasteiger partial charge in [-0.15, -0.1) is 0 Å². The van der Waals surface area contributed by atoms with E-state index in [4.69, 9.17) is 28.3 Å². The fraction of sp³-hybridized carbons (Fsp3) is 0.385. The minimum atomic E-state index is -1.07. The van der Waals surface area contributed by atoms with Gasteiger partial charge in [-0.3, -0.25) is 4.79 Å². The number of hydrogen-bond donors (Lipinski definition) is 2. The highest BCUT2D eigenvalue weighted by Crippen LogP contribution is 2.29. The number of benzene rings is 1. The molecule has 0 aliphatic heterocycles. The van der Waals surface area contributed by atoms with Gasteiger partial charge in [-0.05, 0) is 18.1 Å². The van der Waals surface area contributed by atoms with E-state index in [1.54, 1.807) is 18.2 Å². The molecule has 20 heavy (non-hydrogen) atoms. The van der Waals surface area contributed by atoms with Crippen LogP contribution in [0.25, 0.3) is 0 Å². The highest BCUT2D eigenvalue weighted by molar-refractivity contribution is 6.43. The average Bonchev–Trinajstić information content (AvgIpc) is 2.33. The van der Waals surface area contributed by atoms with E-state index in [0.29, 0.717) is 17.3 Å². The van der Waals surface area contributed by atoms with E-state index < -0.39 is 12.0 Å². The number of carboxylic acid groups (broad SMARTS) is 1. The summed E-state index contributed by atoms with van der Waals surface area (Å²) in [5.41, 5.74) is 0.350. The molecule has 0 spiro atoms. The number of hydrogen-bond acceptors (Lipinski definition) is 2. The second kappa shape index (κ2) is 7.36. The Morgan fingerprint density at radius 2 is 2.00 bits per heavy atom. The summed E-state index contributed by atoms with van der Waals surface area (Å²) in [4.78, 5) is 24.1. The Kier molecular flexibility index (Phi) is 6.10.